The second kappa shape index (κ2) is 13.7. The van der Waals surface area contributed by atoms with Crippen LogP contribution in [0.25, 0.3) is 6.08 Å². The number of nitrogens with zero attached hydrogens (tertiary/aromatic N) is 3. The molecule has 0 aliphatic carbocycles. The zero-order valence-electron chi connectivity index (χ0n) is 21.9. The highest BCUT2D eigenvalue weighted by atomic mass is 35.5. The molecule has 0 aromatic heterocycles. The van der Waals surface area contributed by atoms with E-state index in [2.05, 4.69) is 10.9 Å². The van der Waals surface area contributed by atoms with Gasteiger partial charge in [-0.3, -0.25) is 24.3 Å². The first-order valence-corrected chi connectivity index (χ1v) is 13.1. The molecular weight excluding hydrogens is 548 g/mol. The lowest BCUT2D eigenvalue weighted by Crippen LogP contribution is -2.53. The van der Waals surface area contributed by atoms with Gasteiger partial charge in [0.05, 0.1) is 43.9 Å². The minimum Gasteiger partial charge on any atom is -0.378 e. The first-order valence-electron chi connectivity index (χ1n) is 12.7. The number of nitrogens with one attached hydrogen (secondary N) is 2. The summed E-state index contributed by atoms with van der Waals surface area (Å²) in [6.07, 6.45) is 3.01. The van der Waals surface area contributed by atoms with Crippen molar-refractivity contribution in [3.8, 4) is 0 Å². The number of benzene rings is 2. The monoisotopic (exact) mass is 577 g/mol. The van der Waals surface area contributed by atoms with Crippen molar-refractivity contribution in [2.45, 2.75) is 32.5 Å². The van der Waals surface area contributed by atoms with E-state index in [0.717, 1.165) is 5.56 Å². The molecule has 4 rings (SSSR count). The molecule has 0 radical (unpaired) electrons. The smallest absolute Gasteiger partial charge is 0.345 e. The molecule has 10 nitrogen and oxygen atoms in total. The predicted octanol–water partition coefficient (Wildman–Crippen LogP) is 3.22. The van der Waals surface area contributed by atoms with Crippen molar-refractivity contribution in [3.05, 3.63) is 75.9 Å². The standard InChI is InChI=1S/C27H30ClF2N5O5/c1-18(36)35(31-15-20-3-2-4-24(30)26(20)28)23(14-25(37)33-9-11-39-12-10-33)17-40-32-27(38)34-8-7-19-13-22(29)6-5-21(19)16-34/h2-8,13,23,31H,9-12,14-17H2,1H3,(H,32,38)/t23-/m0/s1. The third kappa shape index (κ3) is 7.54. The maximum absolute atomic E-state index is 13.9. The first-order chi connectivity index (χ1) is 19.2. The van der Waals surface area contributed by atoms with Crippen molar-refractivity contribution in [1.29, 1.82) is 0 Å². The van der Waals surface area contributed by atoms with E-state index in [1.807, 2.05) is 0 Å². The summed E-state index contributed by atoms with van der Waals surface area (Å²) in [5.41, 5.74) is 7.11. The zero-order chi connectivity index (χ0) is 28.6. The summed E-state index contributed by atoms with van der Waals surface area (Å²) in [4.78, 5) is 46.9. The summed E-state index contributed by atoms with van der Waals surface area (Å²) in [6, 6.07) is 7.22. The average molecular weight is 578 g/mol. The third-order valence-electron chi connectivity index (χ3n) is 6.53. The number of ether oxygens (including phenoxy) is 1. The lowest BCUT2D eigenvalue weighted by molar-refractivity contribution is -0.143. The molecule has 0 unspecified atom stereocenters. The van der Waals surface area contributed by atoms with Crippen LogP contribution in [-0.4, -0.2) is 71.6 Å². The van der Waals surface area contributed by atoms with Gasteiger partial charge in [-0.15, -0.1) is 0 Å². The van der Waals surface area contributed by atoms with Gasteiger partial charge < -0.3 is 9.64 Å². The Bertz CT molecular complexity index is 1270. The van der Waals surface area contributed by atoms with Gasteiger partial charge in [0.15, 0.2) is 0 Å². The SMILES string of the molecule is CC(=O)N(NCc1cccc(F)c1Cl)[C@H](CONC(=O)N1C=Cc2cc(F)ccc2C1)CC(=O)N1CCOCC1. The van der Waals surface area contributed by atoms with Gasteiger partial charge in [0.2, 0.25) is 11.8 Å². The molecule has 1 saturated heterocycles. The zero-order valence-corrected chi connectivity index (χ0v) is 22.6. The van der Waals surface area contributed by atoms with E-state index in [1.54, 1.807) is 23.1 Å². The Morgan fingerprint density at radius 2 is 1.95 bits per heavy atom. The Morgan fingerprint density at radius 1 is 1.18 bits per heavy atom. The van der Waals surface area contributed by atoms with Gasteiger partial charge in [-0.25, -0.2) is 24.5 Å². The second-order valence-electron chi connectivity index (χ2n) is 9.29. The van der Waals surface area contributed by atoms with Gasteiger partial charge in [0.25, 0.3) is 0 Å². The van der Waals surface area contributed by atoms with E-state index in [4.69, 9.17) is 21.2 Å². The molecule has 13 heteroatoms. The first kappa shape index (κ1) is 29.4. The predicted molar refractivity (Wildman–Crippen MR) is 142 cm³/mol. The van der Waals surface area contributed by atoms with Crippen LogP contribution in [0.3, 0.4) is 0 Å². The Hall–Kier alpha value is -3.58. The molecule has 1 fully saturated rings. The molecule has 2 heterocycles. The molecule has 214 valence electrons. The van der Waals surface area contributed by atoms with E-state index in [-0.39, 0.29) is 42.9 Å². The number of hydrazine groups is 1. The molecule has 2 aromatic carbocycles. The highest BCUT2D eigenvalue weighted by molar-refractivity contribution is 6.31. The molecule has 40 heavy (non-hydrogen) atoms. The van der Waals surface area contributed by atoms with Gasteiger partial charge in [0, 0.05) is 32.8 Å². The Morgan fingerprint density at radius 3 is 2.70 bits per heavy atom. The summed E-state index contributed by atoms with van der Waals surface area (Å²) < 4.78 is 32.7. The Kier molecular flexibility index (Phi) is 10.0. The summed E-state index contributed by atoms with van der Waals surface area (Å²) in [6.45, 7) is 2.95. The fourth-order valence-electron chi connectivity index (χ4n) is 4.39. The van der Waals surface area contributed by atoms with Gasteiger partial charge >= 0.3 is 6.03 Å². The number of morpholine rings is 1. The van der Waals surface area contributed by atoms with Crippen LogP contribution in [0.1, 0.15) is 30.0 Å². The Labute approximate surface area is 235 Å². The van der Waals surface area contributed by atoms with Crippen LogP contribution in [-0.2, 0) is 32.3 Å². The molecule has 4 amide bonds. The summed E-state index contributed by atoms with van der Waals surface area (Å²) in [5.74, 6) is -1.61. The second-order valence-corrected chi connectivity index (χ2v) is 9.67. The van der Waals surface area contributed by atoms with E-state index in [0.29, 0.717) is 37.4 Å². The Balaban J connectivity index is 1.41. The number of halogens is 3. The summed E-state index contributed by atoms with van der Waals surface area (Å²) in [7, 11) is 0. The van der Waals surface area contributed by atoms with Crippen molar-refractivity contribution in [3.63, 3.8) is 0 Å². The number of carbonyl (C=O) groups is 3. The van der Waals surface area contributed by atoms with E-state index in [9.17, 15) is 23.2 Å². The lowest BCUT2D eigenvalue weighted by atomic mass is 10.0. The molecule has 2 aromatic rings. The van der Waals surface area contributed by atoms with Crippen LogP contribution in [0, 0.1) is 11.6 Å². The van der Waals surface area contributed by atoms with Crippen molar-refractivity contribution in [1.82, 2.24) is 25.7 Å². The maximum Gasteiger partial charge on any atom is 0.345 e. The summed E-state index contributed by atoms with van der Waals surface area (Å²) >= 11 is 6.06. The number of hydrogen-bond acceptors (Lipinski definition) is 6. The maximum atomic E-state index is 13.9. The van der Waals surface area contributed by atoms with Gasteiger partial charge in [-0.1, -0.05) is 29.8 Å². The number of fused-ring (bicyclic) bond motifs is 1. The minimum atomic E-state index is -0.832. The molecule has 2 aliphatic rings. The van der Waals surface area contributed by atoms with Crippen molar-refractivity contribution >= 4 is 35.5 Å². The molecule has 0 bridgehead atoms. The normalized spacial score (nSPS) is 15.4. The number of rotatable bonds is 9. The van der Waals surface area contributed by atoms with E-state index < -0.39 is 23.8 Å². The third-order valence-corrected chi connectivity index (χ3v) is 6.95. The fourth-order valence-corrected chi connectivity index (χ4v) is 4.58. The highest BCUT2D eigenvalue weighted by Gasteiger charge is 2.28. The quantitative estimate of drug-likeness (QED) is 0.444. The molecule has 2 aliphatic heterocycles. The van der Waals surface area contributed by atoms with Crippen molar-refractivity contribution in [2.24, 2.45) is 0 Å². The van der Waals surface area contributed by atoms with Crippen LogP contribution in [0.15, 0.2) is 42.6 Å². The van der Waals surface area contributed by atoms with Crippen LogP contribution in [0.2, 0.25) is 5.02 Å². The van der Waals surface area contributed by atoms with E-state index in [1.165, 1.54) is 47.3 Å². The van der Waals surface area contributed by atoms with Gasteiger partial charge in [-0.2, -0.15) is 0 Å². The largest absolute Gasteiger partial charge is 0.378 e. The molecular formula is C27H30ClF2N5O5. The van der Waals surface area contributed by atoms with Gasteiger partial charge in [0.1, 0.15) is 11.6 Å². The highest BCUT2D eigenvalue weighted by Crippen LogP contribution is 2.21. The van der Waals surface area contributed by atoms with Crippen LogP contribution in [0.4, 0.5) is 13.6 Å². The topological polar surface area (TPSA) is 103 Å². The van der Waals surface area contributed by atoms with Crippen LogP contribution >= 0.6 is 11.6 Å². The van der Waals surface area contributed by atoms with Crippen molar-refractivity contribution < 1.29 is 32.7 Å². The molecule has 0 saturated carbocycles. The molecule has 0 spiro atoms. The van der Waals surface area contributed by atoms with Crippen LogP contribution in [0.5, 0.6) is 0 Å². The number of hydroxylamine groups is 1. The molecule has 2 N–H and O–H groups in total. The minimum absolute atomic E-state index is 0.00333. The number of carbonyl (C=O) groups excluding carboxylic acids is 3. The van der Waals surface area contributed by atoms with Gasteiger partial charge in [-0.05, 0) is 41.0 Å². The average Bonchev–Trinajstić information content (AvgIpc) is 2.95. The number of urea groups is 1. The fraction of sp³-hybridized carbons (Fsp3) is 0.370. The van der Waals surface area contributed by atoms with Crippen molar-refractivity contribution in [2.75, 3.05) is 32.9 Å². The number of amides is 4. The molecule has 1 atom stereocenters. The lowest BCUT2D eigenvalue weighted by Gasteiger charge is -2.33. The summed E-state index contributed by atoms with van der Waals surface area (Å²) in [5, 5.41) is 1.14. The van der Waals surface area contributed by atoms with Crippen LogP contribution < -0.4 is 10.9 Å². The number of hydrogen-bond donors (Lipinski definition) is 2. The van der Waals surface area contributed by atoms with E-state index >= 15 is 0 Å².